The van der Waals surface area contributed by atoms with Gasteiger partial charge in [0.25, 0.3) is 0 Å². The van der Waals surface area contributed by atoms with E-state index in [2.05, 4.69) is 5.32 Å². The first-order chi connectivity index (χ1) is 6.11. The Morgan fingerprint density at radius 1 is 1.75 bits per heavy atom. The van der Waals surface area contributed by atoms with Gasteiger partial charge in [-0.15, -0.1) is 0 Å². The van der Waals surface area contributed by atoms with Gasteiger partial charge in [-0.2, -0.15) is 0 Å². The molecule has 0 saturated heterocycles. The lowest BCUT2D eigenvalue weighted by Crippen LogP contribution is -2.39. The molecule has 0 aliphatic heterocycles. The Hall–Kier alpha value is -1.10. The molecule has 0 aromatic heterocycles. The van der Waals surface area contributed by atoms with E-state index in [0.29, 0.717) is 19.4 Å². The van der Waals surface area contributed by atoms with Gasteiger partial charge in [0, 0.05) is 8.27 Å². The Labute approximate surface area is 72.3 Å². The van der Waals surface area contributed by atoms with Crippen molar-refractivity contribution in [3.63, 3.8) is 0 Å². The molecular formula is C7H14N2O3. The standard InChI is InChI=1S/C7H14N2O3/c1-5(10)9-6(7(11)12)3-2-4-8/h6H,2-4,8H2,1H3,(H,9,10)(H,11,12)/t6-/m0/s1/i1D. The van der Waals surface area contributed by atoms with Crippen molar-refractivity contribution in [2.24, 2.45) is 5.73 Å². The highest BCUT2D eigenvalue weighted by Gasteiger charge is 2.16. The van der Waals surface area contributed by atoms with Crippen molar-refractivity contribution in [3.05, 3.63) is 0 Å². The normalized spacial score (nSPS) is 13.2. The van der Waals surface area contributed by atoms with Gasteiger partial charge in [0.15, 0.2) is 0 Å². The number of nitrogens with two attached hydrogens (primary N) is 1. The van der Waals surface area contributed by atoms with Gasteiger partial charge in [-0.1, -0.05) is 0 Å². The molecule has 70 valence electrons. The Bertz CT molecular complexity index is 187. The molecular weight excluding hydrogens is 160 g/mol. The monoisotopic (exact) mass is 175 g/mol. The van der Waals surface area contributed by atoms with E-state index in [9.17, 15) is 9.59 Å². The van der Waals surface area contributed by atoms with E-state index in [0.717, 1.165) is 0 Å². The van der Waals surface area contributed by atoms with Crippen molar-refractivity contribution in [3.8, 4) is 0 Å². The van der Waals surface area contributed by atoms with Gasteiger partial charge < -0.3 is 16.2 Å². The summed E-state index contributed by atoms with van der Waals surface area (Å²) < 4.78 is 6.69. The van der Waals surface area contributed by atoms with Crippen LogP contribution in [0.3, 0.4) is 0 Å². The van der Waals surface area contributed by atoms with Crippen molar-refractivity contribution in [2.45, 2.75) is 25.8 Å². The molecule has 4 N–H and O–H groups in total. The molecule has 0 unspecified atom stereocenters. The van der Waals surface area contributed by atoms with Crippen LogP contribution in [0.4, 0.5) is 0 Å². The maximum Gasteiger partial charge on any atom is 0.326 e. The number of carboxylic acid groups (broad SMARTS) is 1. The van der Waals surface area contributed by atoms with E-state index < -0.39 is 24.8 Å². The van der Waals surface area contributed by atoms with Crippen LogP contribution >= 0.6 is 0 Å². The van der Waals surface area contributed by atoms with Gasteiger partial charge >= 0.3 is 5.97 Å². The maximum atomic E-state index is 10.7. The van der Waals surface area contributed by atoms with Gasteiger partial charge in [-0.25, -0.2) is 4.79 Å². The smallest absolute Gasteiger partial charge is 0.326 e. The molecule has 0 spiro atoms. The van der Waals surface area contributed by atoms with Gasteiger partial charge in [0.05, 0.1) is 0 Å². The Balaban J connectivity index is 3.94. The molecule has 0 saturated carbocycles. The lowest BCUT2D eigenvalue weighted by atomic mass is 10.1. The summed E-state index contributed by atoms with van der Waals surface area (Å²) in [6, 6.07) is -0.915. The van der Waals surface area contributed by atoms with Crippen LogP contribution in [-0.4, -0.2) is 29.6 Å². The summed E-state index contributed by atoms with van der Waals surface area (Å²) in [4.78, 5) is 21.2. The van der Waals surface area contributed by atoms with Gasteiger partial charge in [-0.05, 0) is 19.4 Å². The zero-order chi connectivity index (χ0) is 10.3. The highest BCUT2D eigenvalue weighted by Crippen LogP contribution is 1.95. The van der Waals surface area contributed by atoms with Crippen LogP contribution < -0.4 is 11.1 Å². The lowest BCUT2D eigenvalue weighted by Gasteiger charge is -2.11. The van der Waals surface area contributed by atoms with Crippen molar-refractivity contribution in [1.29, 1.82) is 0 Å². The average molecular weight is 175 g/mol. The molecule has 0 aromatic rings. The molecule has 0 bridgehead atoms. The second-order valence-electron chi connectivity index (χ2n) is 2.39. The number of aliphatic carboxylic acids is 1. The molecule has 0 aliphatic rings. The van der Waals surface area contributed by atoms with Crippen LogP contribution in [0.25, 0.3) is 0 Å². The molecule has 0 aliphatic carbocycles. The summed E-state index contributed by atoms with van der Waals surface area (Å²) in [5, 5.41) is 10.8. The third-order valence-electron chi connectivity index (χ3n) is 1.33. The minimum absolute atomic E-state index is 0.303. The van der Waals surface area contributed by atoms with Crippen molar-refractivity contribution < 1.29 is 16.1 Å². The first kappa shape index (κ1) is 8.99. The number of hydrogen-bond acceptors (Lipinski definition) is 3. The molecule has 0 heterocycles. The van der Waals surface area contributed by atoms with Crippen molar-refractivity contribution in [1.82, 2.24) is 5.32 Å². The maximum absolute atomic E-state index is 10.7. The largest absolute Gasteiger partial charge is 0.480 e. The summed E-state index contributed by atoms with van der Waals surface area (Å²) in [5.41, 5.74) is 5.20. The molecule has 12 heavy (non-hydrogen) atoms. The quantitative estimate of drug-likeness (QED) is 0.516. The topological polar surface area (TPSA) is 92.4 Å². The third kappa shape index (κ3) is 4.68. The zero-order valence-electron chi connectivity index (χ0n) is 7.75. The minimum Gasteiger partial charge on any atom is -0.480 e. The van der Waals surface area contributed by atoms with E-state index in [1.54, 1.807) is 0 Å². The predicted molar refractivity (Wildman–Crippen MR) is 43.5 cm³/mol. The number of nitrogens with one attached hydrogen (secondary N) is 1. The number of amides is 1. The number of carbonyl (C=O) groups excluding carboxylic acids is 1. The fourth-order valence-electron chi connectivity index (χ4n) is 0.774. The molecule has 0 rings (SSSR count). The predicted octanol–water partition coefficient (Wildman–Crippen LogP) is -0.685. The number of rotatable bonds is 5. The van der Waals surface area contributed by atoms with E-state index in [1.165, 1.54) is 0 Å². The summed E-state index contributed by atoms with van der Waals surface area (Å²) in [5.74, 6) is -1.67. The summed E-state index contributed by atoms with van der Waals surface area (Å²) in [6.45, 7) is -0.0626. The zero-order valence-corrected chi connectivity index (χ0v) is 6.75. The summed E-state index contributed by atoms with van der Waals surface area (Å²) in [6.07, 6.45) is 0.840. The van der Waals surface area contributed by atoms with E-state index in [4.69, 9.17) is 12.2 Å². The summed E-state index contributed by atoms with van der Waals surface area (Å²) in [7, 11) is 0. The minimum atomic E-state index is -1.09. The molecule has 1 atom stereocenters. The fraction of sp³-hybridized carbons (Fsp3) is 0.714. The molecule has 5 heteroatoms. The summed E-state index contributed by atoms with van der Waals surface area (Å²) >= 11 is 0. The lowest BCUT2D eigenvalue weighted by molar-refractivity contribution is -0.141. The second-order valence-corrected chi connectivity index (χ2v) is 2.39. The molecule has 0 fully saturated rings. The highest BCUT2D eigenvalue weighted by molar-refractivity contribution is 5.81. The Kier molecular flexibility index (Phi) is 4.15. The van der Waals surface area contributed by atoms with Gasteiger partial charge in [0.1, 0.15) is 6.04 Å². The van der Waals surface area contributed by atoms with Crippen LogP contribution in [0, 0.1) is 0 Å². The van der Waals surface area contributed by atoms with Crippen LogP contribution in [0.2, 0.25) is 0 Å². The van der Waals surface area contributed by atoms with E-state index in [1.807, 2.05) is 0 Å². The first-order valence-electron chi connectivity index (χ1n) is 4.34. The van der Waals surface area contributed by atoms with Crippen LogP contribution in [0.1, 0.15) is 21.1 Å². The second kappa shape index (κ2) is 5.54. The van der Waals surface area contributed by atoms with Crippen LogP contribution in [0.5, 0.6) is 0 Å². The first-order valence-corrected chi connectivity index (χ1v) is 3.63. The average Bonchev–Trinajstić information content (AvgIpc) is 2.11. The number of hydrogen-bond donors (Lipinski definition) is 3. The third-order valence-corrected chi connectivity index (χ3v) is 1.33. The van der Waals surface area contributed by atoms with Crippen molar-refractivity contribution in [2.75, 3.05) is 6.54 Å². The van der Waals surface area contributed by atoms with Gasteiger partial charge in [0.2, 0.25) is 5.91 Å². The fourth-order valence-corrected chi connectivity index (χ4v) is 0.774. The molecule has 1 amide bonds. The SMILES string of the molecule is [2H]CC(=O)N[C@@H](CCCN)C(=O)O. The number of carboxylic acids is 1. The molecule has 0 aromatic carbocycles. The Morgan fingerprint density at radius 2 is 2.42 bits per heavy atom. The highest BCUT2D eigenvalue weighted by atomic mass is 16.4. The van der Waals surface area contributed by atoms with Gasteiger partial charge in [-0.3, -0.25) is 4.79 Å². The van der Waals surface area contributed by atoms with Crippen molar-refractivity contribution >= 4 is 11.9 Å². The van der Waals surface area contributed by atoms with Crippen LogP contribution in [0.15, 0.2) is 0 Å². The Morgan fingerprint density at radius 3 is 2.83 bits per heavy atom. The molecule has 5 nitrogen and oxygen atoms in total. The van der Waals surface area contributed by atoms with E-state index in [-0.39, 0.29) is 0 Å². The molecule has 0 radical (unpaired) electrons. The van der Waals surface area contributed by atoms with E-state index >= 15 is 0 Å². The number of carbonyl (C=O) groups is 2. The van der Waals surface area contributed by atoms with Crippen LogP contribution in [-0.2, 0) is 9.59 Å².